The van der Waals surface area contributed by atoms with Crippen LogP contribution in [0.25, 0.3) is 0 Å². The third-order valence-electron chi connectivity index (χ3n) is 4.75. The van der Waals surface area contributed by atoms with Crippen LogP contribution in [-0.4, -0.2) is 32.7 Å². The number of rotatable bonds is 4. The highest BCUT2D eigenvalue weighted by molar-refractivity contribution is 7.99. The molecule has 2 heterocycles. The predicted molar refractivity (Wildman–Crippen MR) is 175 cm³/mol. The van der Waals surface area contributed by atoms with Crippen molar-refractivity contribution in [3.63, 3.8) is 0 Å². The van der Waals surface area contributed by atoms with Gasteiger partial charge in [-0.2, -0.15) is 5.10 Å². The average Bonchev–Trinajstić information content (AvgIpc) is 3.19. The van der Waals surface area contributed by atoms with Gasteiger partial charge >= 0.3 is 0 Å². The summed E-state index contributed by atoms with van der Waals surface area (Å²) >= 11 is 7.73. The number of hydrogen-bond donors (Lipinski definition) is 1. The van der Waals surface area contributed by atoms with Gasteiger partial charge in [0.1, 0.15) is 5.69 Å². The molecule has 1 aliphatic heterocycles. The van der Waals surface area contributed by atoms with Crippen LogP contribution in [0, 0.1) is 0 Å². The summed E-state index contributed by atoms with van der Waals surface area (Å²) in [6, 6.07) is 7.92. The van der Waals surface area contributed by atoms with Gasteiger partial charge in [-0.1, -0.05) is 95.3 Å². The summed E-state index contributed by atoms with van der Waals surface area (Å²) in [4.78, 5) is 7.19. The zero-order valence-electron chi connectivity index (χ0n) is 25.8. The topological polar surface area (TPSA) is 50.4 Å². The molecule has 2 aromatic rings. The van der Waals surface area contributed by atoms with Crippen LogP contribution in [0.1, 0.15) is 87.8 Å². The quantitative estimate of drug-likeness (QED) is 0.397. The first kappa shape index (κ1) is 36.7. The van der Waals surface area contributed by atoms with Crippen molar-refractivity contribution in [1.29, 1.82) is 0 Å². The van der Waals surface area contributed by atoms with Crippen LogP contribution >= 0.6 is 23.4 Å². The number of aryl methyl sites for hydroxylation is 1. The maximum atomic E-state index is 8.52. The van der Waals surface area contributed by atoms with E-state index in [0.29, 0.717) is 6.54 Å². The lowest BCUT2D eigenvalue weighted by atomic mass is 10.0. The first-order valence-electron chi connectivity index (χ1n) is 14.2. The predicted octanol–water partition coefficient (Wildman–Crippen LogP) is 10.1. The van der Waals surface area contributed by atoms with E-state index in [-0.39, 0.29) is 0 Å². The zero-order valence-corrected chi connectivity index (χ0v) is 27.3. The Kier molecular flexibility index (Phi) is 19.3. The highest BCUT2D eigenvalue weighted by atomic mass is 35.5. The lowest BCUT2D eigenvalue weighted by molar-refractivity contribution is 0.102. The van der Waals surface area contributed by atoms with Crippen molar-refractivity contribution in [2.24, 2.45) is 4.99 Å². The van der Waals surface area contributed by atoms with Crippen molar-refractivity contribution in [2.75, 3.05) is 6.54 Å². The van der Waals surface area contributed by atoms with Crippen LogP contribution in [0.4, 0.5) is 0 Å². The van der Waals surface area contributed by atoms with Crippen LogP contribution in [-0.2, 0) is 6.54 Å². The van der Waals surface area contributed by atoms with Gasteiger partial charge in [0.2, 0.25) is 0 Å². The minimum atomic E-state index is -0.500. The molecule has 0 amide bonds. The van der Waals surface area contributed by atoms with E-state index < -0.39 is 5.60 Å². The number of hydrogen-bond acceptors (Lipinski definition) is 4. The molecule has 4 nitrogen and oxygen atoms in total. The molecule has 0 atom stereocenters. The fourth-order valence-corrected chi connectivity index (χ4v) is 4.29. The molecule has 0 saturated heterocycles. The molecule has 0 bridgehead atoms. The monoisotopic (exact) mass is 571 g/mol. The summed E-state index contributed by atoms with van der Waals surface area (Å²) in [5, 5.41) is 14.1. The van der Waals surface area contributed by atoms with Crippen molar-refractivity contribution < 1.29 is 5.11 Å². The third-order valence-corrected chi connectivity index (χ3v) is 6.03. The average molecular weight is 572 g/mol. The molecular formula is C33H50ClN3OS. The number of halogens is 1. The van der Waals surface area contributed by atoms with Crippen LogP contribution in [0.5, 0.6) is 0 Å². The Balaban J connectivity index is 0.00000115. The van der Waals surface area contributed by atoms with Crippen LogP contribution in [0.15, 0.2) is 92.8 Å². The number of aliphatic imine (C=N–C) groups is 1. The SMILES string of the molecule is CC.CC.CC.CC(C)(C)O.CCn1cc(Sc2ccc(Cl)cc2)c(C2=NCC3=C(C=CC=CC3)CC=C2)n1. The molecule has 2 aliphatic rings. The van der Waals surface area contributed by atoms with Gasteiger partial charge in [-0.3, -0.25) is 9.67 Å². The van der Waals surface area contributed by atoms with E-state index in [2.05, 4.69) is 49.6 Å². The normalized spacial score (nSPS) is 13.8. The fourth-order valence-electron chi connectivity index (χ4n) is 3.22. The first-order valence-corrected chi connectivity index (χ1v) is 15.4. The van der Waals surface area contributed by atoms with Gasteiger partial charge in [-0.05, 0) is 82.0 Å². The van der Waals surface area contributed by atoms with E-state index in [9.17, 15) is 0 Å². The van der Waals surface area contributed by atoms with Gasteiger partial charge in [0, 0.05) is 22.7 Å². The number of aromatic nitrogens is 2. The molecule has 4 rings (SSSR count). The highest BCUT2D eigenvalue weighted by Gasteiger charge is 2.16. The van der Waals surface area contributed by atoms with Gasteiger partial charge < -0.3 is 5.11 Å². The summed E-state index contributed by atoms with van der Waals surface area (Å²) in [6.07, 6.45) is 16.9. The lowest BCUT2D eigenvalue weighted by Crippen LogP contribution is -2.10. The minimum Gasteiger partial charge on any atom is -0.391 e. The Morgan fingerprint density at radius 1 is 0.923 bits per heavy atom. The maximum absolute atomic E-state index is 8.52. The molecule has 0 saturated carbocycles. The summed E-state index contributed by atoms with van der Waals surface area (Å²) < 4.78 is 1.98. The fraction of sp³-hybridized carbons (Fsp3) is 0.455. The van der Waals surface area contributed by atoms with Crippen molar-refractivity contribution >= 4 is 29.1 Å². The minimum absolute atomic E-state index is 0.500. The molecule has 1 aromatic carbocycles. The van der Waals surface area contributed by atoms with Crippen molar-refractivity contribution in [3.8, 4) is 0 Å². The smallest absolute Gasteiger partial charge is 0.124 e. The van der Waals surface area contributed by atoms with Crippen molar-refractivity contribution in [1.82, 2.24) is 9.78 Å². The molecule has 0 radical (unpaired) electrons. The number of benzene rings is 1. The lowest BCUT2D eigenvalue weighted by Gasteiger charge is -2.11. The number of aliphatic hydroxyl groups is 1. The zero-order chi connectivity index (χ0) is 29.8. The molecule has 1 aromatic heterocycles. The van der Waals surface area contributed by atoms with Crippen LogP contribution in [0.3, 0.4) is 0 Å². The van der Waals surface area contributed by atoms with Gasteiger partial charge in [-0.15, -0.1) is 0 Å². The summed E-state index contributed by atoms with van der Waals surface area (Å²) in [7, 11) is 0. The molecule has 39 heavy (non-hydrogen) atoms. The highest BCUT2D eigenvalue weighted by Crippen LogP contribution is 2.32. The Bertz CT molecular complexity index is 1090. The number of allylic oxidation sites excluding steroid dienone is 7. The Hall–Kier alpha value is -2.34. The molecule has 0 spiro atoms. The second kappa shape index (κ2) is 20.5. The Morgan fingerprint density at radius 2 is 1.54 bits per heavy atom. The van der Waals surface area contributed by atoms with E-state index in [1.165, 1.54) is 11.1 Å². The van der Waals surface area contributed by atoms with Crippen LogP contribution < -0.4 is 0 Å². The van der Waals surface area contributed by atoms with E-state index in [4.69, 9.17) is 26.8 Å². The van der Waals surface area contributed by atoms with Crippen LogP contribution in [0.2, 0.25) is 5.02 Å². The maximum Gasteiger partial charge on any atom is 0.124 e. The molecule has 0 unspecified atom stereocenters. The summed E-state index contributed by atoms with van der Waals surface area (Å²) in [6.45, 7) is 20.9. The van der Waals surface area contributed by atoms with E-state index in [1.54, 1.807) is 32.5 Å². The van der Waals surface area contributed by atoms with Crippen molar-refractivity contribution in [2.45, 2.75) is 104 Å². The second-order valence-electron chi connectivity index (χ2n) is 8.85. The van der Waals surface area contributed by atoms with Gasteiger partial charge in [0.25, 0.3) is 0 Å². The van der Waals surface area contributed by atoms with Gasteiger partial charge in [-0.25, -0.2) is 0 Å². The molecule has 1 N–H and O–H groups in total. The molecule has 216 valence electrons. The molecule has 1 aliphatic carbocycles. The van der Waals surface area contributed by atoms with Gasteiger partial charge in [0.15, 0.2) is 0 Å². The molecular weight excluding hydrogens is 522 g/mol. The molecule has 6 heteroatoms. The summed E-state index contributed by atoms with van der Waals surface area (Å²) in [5.74, 6) is 0. The third kappa shape index (κ3) is 14.6. The van der Waals surface area contributed by atoms with E-state index in [1.807, 2.05) is 70.5 Å². The standard InChI is InChI=1S/C23H22ClN3S.C4H10O.3C2H6/c1-2-27-16-22(28-20-13-11-19(24)12-14-20)23(26-27)21-10-6-9-17-7-4-3-5-8-18(17)15-25-21;1-4(2,3)5;3*1-2/h3-7,10-14,16H,2,8-9,15H2,1H3;5H,1-3H3;3*1-2H3. The van der Waals surface area contributed by atoms with Crippen molar-refractivity contribution in [3.05, 3.63) is 88.8 Å². The first-order chi connectivity index (χ1) is 18.7. The largest absolute Gasteiger partial charge is 0.391 e. The number of nitrogens with zero attached hydrogens (tertiary/aromatic N) is 3. The second-order valence-corrected chi connectivity index (χ2v) is 10.4. The van der Waals surface area contributed by atoms with E-state index >= 15 is 0 Å². The Labute approximate surface area is 247 Å². The Morgan fingerprint density at radius 3 is 2.13 bits per heavy atom. The summed E-state index contributed by atoms with van der Waals surface area (Å²) in [5.41, 5.74) is 4.15. The molecule has 0 fully saturated rings. The van der Waals surface area contributed by atoms with E-state index in [0.717, 1.165) is 45.6 Å². The van der Waals surface area contributed by atoms with Gasteiger partial charge in [0.05, 0.1) is 22.8 Å².